The van der Waals surface area contributed by atoms with E-state index in [2.05, 4.69) is 16.2 Å². The van der Waals surface area contributed by atoms with Gasteiger partial charge in [0, 0.05) is 6.54 Å². The molecule has 1 fully saturated rings. The Morgan fingerprint density at radius 3 is 3.12 bits per heavy atom. The fourth-order valence-electron chi connectivity index (χ4n) is 1.98. The molecule has 1 aliphatic heterocycles. The van der Waals surface area contributed by atoms with Crippen molar-refractivity contribution < 1.29 is 9.53 Å². The maximum Gasteiger partial charge on any atom is 0.255 e. The highest BCUT2D eigenvalue weighted by Crippen LogP contribution is 2.32. The number of hydrogen-bond acceptors (Lipinski definition) is 6. The summed E-state index contributed by atoms with van der Waals surface area (Å²) in [6, 6.07) is 0.252. The topological polar surface area (TPSA) is 94.5 Å². The van der Waals surface area contributed by atoms with Gasteiger partial charge in [-0.3, -0.25) is 4.79 Å². The molecule has 1 saturated heterocycles. The molecule has 1 amide bonds. The van der Waals surface area contributed by atoms with Crippen molar-refractivity contribution in [1.82, 2.24) is 4.37 Å². The Hall–Kier alpha value is -1.34. The van der Waals surface area contributed by atoms with E-state index in [-0.39, 0.29) is 11.9 Å². The number of nitrogens with zero attached hydrogens (tertiary/aromatic N) is 2. The Morgan fingerprint density at radius 1 is 1.71 bits per heavy atom. The van der Waals surface area contributed by atoms with E-state index in [1.54, 1.807) is 0 Å². The largest absolute Gasteiger partial charge is 0.382 e. The van der Waals surface area contributed by atoms with Gasteiger partial charge in [0.1, 0.15) is 10.6 Å². The molecule has 1 aromatic rings. The lowest BCUT2D eigenvalue weighted by Gasteiger charge is -2.35. The van der Waals surface area contributed by atoms with E-state index >= 15 is 0 Å². The zero-order chi connectivity index (χ0) is 12.4. The Balaban J connectivity index is 2.35. The van der Waals surface area contributed by atoms with Crippen LogP contribution in [-0.2, 0) is 4.74 Å². The van der Waals surface area contributed by atoms with Gasteiger partial charge < -0.3 is 21.1 Å². The first kappa shape index (κ1) is 12.1. The summed E-state index contributed by atoms with van der Waals surface area (Å²) in [5.74, 6) is -0.300. The summed E-state index contributed by atoms with van der Waals surface area (Å²) >= 11 is 1.22. The van der Waals surface area contributed by atoms with Gasteiger partial charge in [-0.25, -0.2) is 0 Å². The van der Waals surface area contributed by atoms with Gasteiger partial charge in [0.25, 0.3) is 5.91 Å². The quantitative estimate of drug-likeness (QED) is 0.818. The Bertz CT molecular complexity index is 420. The summed E-state index contributed by atoms with van der Waals surface area (Å²) in [7, 11) is 0. The molecule has 4 N–H and O–H groups in total. The van der Waals surface area contributed by atoms with E-state index in [4.69, 9.17) is 16.2 Å². The summed E-state index contributed by atoms with van der Waals surface area (Å²) in [5, 5.41) is 0.769. The van der Waals surface area contributed by atoms with Crippen LogP contribution in [0, 0.1) is 0 Å². The molecule has 6 nitrogen and oxygen atoms in total. The van der Waals surface area contributed by atoms with E-state index < -0.39 is 5.91 Å². The Morgan fingerprint density at radius 2 is 2.47 bits per heavy atom. The normalized spacial score (nSPS) is 20.5. The molecule has 1 atom stereocenters. The molecule has 1 aliphatic rings. The van der Waals surface area contributed by atoms with E-state index in [1.165, 1.54) is 11.5 Å². The van der Waals surface area contributed by atoms with Crippen molar-refractivity contribution in [2.45, 2.75) is 19.4 Å². The molecule has 0 aromatic carbocycles. The SMILES string of the molecule is CCC1COCCN1c1snc(N)c1C(N)=O. The van der Waals surface area contributed by atoms with Crippen molar-refractivity contribution in [3.8, 4) is 0 Å². The van der Waals surface area contributed by atoms with Crippen LogP contribution in [0.15, 0.2) is 0 Å². The van der Waals surface area contributed by atoms with Crippen LogP contribution in [0.1, 0.15) is 23.7 Å². The van der Waals surface area contributed by atoms with Gasteiger partial charge in [0.15, 0.2) is 5.82 Å². The Kier molecular flexibility index (Phi) is 3.49. The van der Waals surface area contributed by atoms with Crippen LogP contribution in [0.5, 0.6) is 0 Å². The average molecular weight is 256 g/mol. The molecular weight excluding hydrogens is 240 g/mol. The smallest absolute Gasteiger partial charge is 0.255 e. The van der Waals surface area contributed by atoms with Crippen molar-refractivity contribution in [3.63, 3.8) is 0 Å². The van der Waals surface area contributed by atoms with Gasteiger partial charge in [0.05, 0.1) is 19.3 Å². The third-order valence-corrected chi connectivity index (χ3v) is 3.81. The summed E-state index contributed by atoms with van der Waals surface area (Å²) in [6.45, 7) is 4.13. The maximum atomic E-state index is 11.4. The molecule has 0 bridgehead atoms. The van der Waals surface area contributed by atoms with Crippen molar-refractivity contribution in [2.24, 2.45) is 5.73 Å². The number of primary amides is 1. The molecule has 1 unspecified atom stereocenters. The maximum absolute atomic E-state index is 11.4. The first-order valence-corrected chi connectivity index (χ1v) is 6.31. The first-order chi connectivity index (χ1) is 8.15. The highest BCUT2D eigenvalue weighted by atomic mass is 32.1. The lowest BCUT2D eigenvalue weighted by atomic mass is 10.1. The predicted molar refractivity (Wildman–Crippen MR) is 67.3 cm³/mol. The molecule has 1 aromatic heterocycles. The van der Waals surface area contributed by atoms with Gasteiger partial charge in [0.2, 0.25) is 0 Å². The second kappa shape index (κ2) is 4.89. The molecule has 0 aliphatic carbocycles. The number of nitrogens with two attached hydrogens (primary N) is 2. The summed E-state index contributed by atoms with van der Waals surface area (Å²) in [4.78, 5) is 13.5. The number of morpholine rings is 1. The zero-order valence-electron chi connectivity index (χ0n) is 9.68. The fraction of sp³-hybridized carbons (Fsp3) is 0.600. The van der Waals surface area contributed by atoms with Gasteiger partial charge in [-0.1, -0.05) is 6.92 Å². The lowest BCUT2D eigenvalue weighted by Crippen LogP contribution is -2.45. The highest BCUT2D eigenvalue weighted by Gasteiger charge is 2.28. The van der Waals surface area contributed by atoms with Crippen LogP contribution in [0.4, 0.5) is 10.8 Å². The summed E-state index contributed by atoms with van der Waals surface area (Å²) in [5.41, 5.74) is 11.4. The molecule has 0 radical (unpaired) electrons. The van der Waals surface area contributed by atoms with Crippen LogP contribution in [0.25, 0.3) is 0 Å². The van der Waals surface area contributed by atoms with E-state index in [9.17, 15) is 4.79 Å². The molecule has 7 heteroatoms. The van der Waals surface area contributed by atoms with Gasteiger partial charge >= 0.3 is 0 Å². The number of nitrogen functional groups attached to an aromatic ring is 1. The number of rotatable bonds is 3. The van der Waals surface area contributed by atoms with Gasteiger partial charge in [-0.05, 0) is 18.0 Å². The number of ether oxygens (including phenoxy) is 1. The summed E-state index contributed by atoms with van der Waals surface area (Å²) < 4.78 is 9.44. The first-order valence-electron chi connectivity index (χ1n) is 5.54. The van der Waals surface area contributed by atoms with Crippen molar-refractivity contribution in [2.75, 3.05) is 30.4 Å². The third-order valence-electron chi connectivity index (χ3n) is 2.91. The van der Waals surface area contributed by atoms with Crippen LogP contribution < -0.4 is 16.4 Å². The van der Waals surface area contributed by atoms with E-state index in [0.717, 1.165) is 18.0 Å². The van der Waals surface area contributed by atoms with Crippen LogP contribution in [-0.4, -0.2) is 36.1 Å². The minimum absolute atomic E-state index is 0.221. The number of anilines is 2. The molecule has 2 rings (SSSR count). The molecule has 0 saturated carbocycles. The number of carbonyl (C=O) groups is 1. The van der Waals surface area contributed by atoms with E-state index in [1.807, 2.05) is 0 Å². The number of carbonyl (C=O) groups excluding carboxylic acids is 1. The van der Waals surface area contributed by atoms with Gasteiger partial charge in [-0.15, -0.1) is 0 Å². The van der Waals surface area contributed by atoms with Crippen LogP contribution >= 0.6 is 11.5 Å². The number of aromatic nitrogens is 1. The molecular formula is C10H16N4O2S. The average Bonchev–Trinajstić information content (AvgIpc) is 2.71. The standard InChI is InChI=1S/C10H16N4O2S/c1-2-6-5-16-4-3-14(6)10-7(9(12)15)8(11)13-17-10/h6H,2-5H2,1H3,(H2,11,13)(H2,12,15). The molecule has 17 heavy (non-hydrogen) atoms. The Labute approximate surface area is 104 Å². The van der Waals surface area contributed by atoms with E-state index in [0.29, 0.717) is 18.8 Å². The van der Waals surface area contributed by atoms with Crippen LogP contribution in [0.3, 0.4) is 0 Å². The minimum atomic E-state index is -0.521. The second-order valence-corrected chi connectivity index (χ2v) is 4.69. The monoisotopic (exact) mass is 256 g/mol. The van der Waals surface area contributed by atoms with Gasteiger partial charge in [-0.2, -0.15) is 4.37 Å². The molecule has 2 heterocycles. The lowest BCUT2D eigenvalue weighted by molar-refractivity contribution is 0.0925. The zero-order valence-corrected chi connectivity index (χ0v) is 10.5. The van der Waals surface area contributed by atoms with Crippen molar-refractivity contribution >= 4 is 28.3 Å². The minimum Gasteiger partial charge on any atom is -0.382 e. The highest BCUT2D eigenvalue weighted by molar-refractivity contribution is 7.11. The van der Waals surface area contributed by atoms with Crippen LogP contribution in [0.2, 0.25) is 0 Å². The van der Waals surface area contributed by atoms with Crippen molar-refractivity contribution in [3.05, 3.63) is 5.56 Å². The predicted octanol–water partition coefficient (Wildman–Crippen LogP) is 0.439. The summed E-state index contributed by atoms with van der Waals surface area (Å²) in [6.07, 6.45) is 0.940. The number of amides is 1. The molecule has 94 valence electrons. The molecule has 0 spiro atoms. The number of hydrogen-bond donors (Lipinski definition) is 2. The third kappa shape index (κ3) is 2.20. The fourth-order valence-corrected chi connectivity index (χ4v) is 2.90. The second-order valence-electron chi connectivity index (χ2n) is 3.94. The van der Waals surface area contributed by atoms with Crippen molar-refractivity contribution in [1.29, 1.82) is 0 Å².